The molecule has 0 spiro atoms. The largest absolute Gasteiger partial charge is 0.492 e. The van der Waals surface area contributed by atoms with Gasteiger partial charge in [-0.15, -0.1) is 0 Å². The first-order chi connectivity index (χ1) is 16.4. The molecule has 1 atom stereocenters. The van der Waals surface area contributed by atoms with E-state index >= 15 is 0 Å². The molecule has 0 fully saturated rings. The zero-order valence-electron chi connectivity index (χ0n) is 19.4. The summed E-state index contributed by atoms with van der Waals surface area (Å²) in [6, 6.07) is 18.6. The molecule has 3 rings (SSSR count). The topological polar surface area (TPSA) is 88.7 Å². The summed E-state index contributed by atoms with van der Waals surface area (Å²) in [4.78, 5) is 25.4. The fourth-order valence-corrected chi connectivity index (χ4v) is 3.31. The molecule has 0 aliphatic carbocycles. The van der Waals surface area contributed by atoms with Crippen LogP contribution in [0.4, 0.5) is 17.1 Å². The van der Waals surface area contributed by atoms with Crippen LogP contribution in [0, 0.1) is 0 Å². The Morgan fingerprint density at radius 1 is 0.853 bits per heavy atom. The third-order valence-electron chi connectivity index (χ3n) is 4.84. The third-order valence-corrected chi connectivity index (χ3v) is 5.09. The predicted octanol–water partition coefficient (Wildman–Crippen LogP) is 5.83. The van der Waals surface area contributed by atoms with Crippen molar-refractivity contribution < 1.29 is 19.1 Å². The highest BCUT2D eigenvalue weighted by molar-refractivity contribution is 6.30. The van der Waals surface area contributed by atoms with Crippen molar-refractivity contribution in [1.29, 1.82) is 0 Å². The van der Waals surface area contributed by atoms with E-state index in [9.17, 15) is 9.59 Å². The summed E-state index contributed by atoms with van der Waals surface area (Å²) >= 11 is 5.91. The van der Waals surface area contributed by atoms with Crippen LogP contribution < -0.4 is 25.4 Å². The summed E-state index contributed by atoms with van der Waals surface area (Å²) in [7, 11) is 0. The minimum atomic E-state index is -0.589. The van der Waals surface area contributed by atoms with Crippen molar-refractivity contribution in [2.45, 2.75) is 26.8 Å². The van der Waals surface area contributed by atoms with E-state index in [4.69, 9.17) is 21.1 Å². The molecule has 0 bridgehead atoms. The van der Waals surface area contributed by atoms with Crippen LogP contribution in [0.15, 0.2) is 66.7 Å². The molecular weight excluding hydrogens is 454 g/mol. The highest BCUT2D eigenvalue weighted by atomic mass is 35.5. The second-order valence-corrected chi connectivity index (χ2v) is 7.83. The maximum absolute atomic E-state index is 12.7. The summed E-state index contributed by atoms with van der Waals surface area (Å²) in [5.74, 6) is 0.452. The first-order valence-corrected chi connectivity index (χ1v) is 11.4. The van der Waals surface area contributed by atoms with E-state index in [1.54, 1.807) is 67.6 Å². The van der Waals surface area contributed by atoms with Crippen LogP contribution in [0.2, 0.25) is 5.02 Å². The number of halogens is 1. The Balaban J connectivity index is 1.82. The van der Waals surface area contributed by atoms with Crippen LogP contribution in [-0.2, 0) is 4.79 Å². The number of carbonyl (C=O) groups excluding carboxylic acids is 2. The lowest BCUT2D eigenvalue weighted by Crippen LogP contribution is -2.32. The van der Waals surface area contributed by atoms with Crippen LogP contribution in [0.3, 0.4) is 0 Å². The van der Waals surface area contributed by atoms with Gasteiger partial charge in [0.2, 0.25) is 5.91 Å². The van der Waals surface area contributed by atoms with Gasteiger partial charge in [0.1, 0.15) is 17.5 Å². The number of hydrogen-bond donors (Lipinski definition) is 3. The first-order valence-electron chi connectivity index (χ1n) is 11.0. The number of ether oxygens (including phenoxy) is 2. The van der Waals surface area contributed by atoms with Gasteiger partial charge in [-0.25, -0.2) is 0 Å². The molecule has 0 saturated heterocycles. The lowest BCUT2D eigenvalue weighted by Gasteiger charge is -2.21. The average molecular weight is 482 g/mol. The van der Waals surface area contributed by atoms with Crippen LogP contribution in [0.25, 0.3) is 0 Å². The van der Waals surface area contributed by atoms with Gasteiger partial charge in [0, 0.05) is 28.4 Å². The molecule has 1 unspecified atom stereocenters. The quantitative estimate of drug-likeness (QED) is 0.339. The molecule has 178 valence electrons. The molecule has 8 heteroatoms. The lowest BCUT2D eigenvalue weighted by atomic mass is 10.1. The molecule has 0 aromatic heterocycles. The number of hydrogen-bond acceptors (Lipinski definition) is 5. The summed E-state index contributed by atoms with van der Waals surface area (Å²) in [5.41, 5.74) is 2.21. The van der Waals surface area contributed by atoms with Gasteiger partial charge in [-0.05, 0) is 57.2 Å². The van der Waals surface area contributed by atoms with Crippen molar-refractivity contribution in [3.63, 3.8) is 0 Å². The fraction of sp³-hybridized carbons (Fsp3) is 0.231. The Morgan fingerprint density at radius 2 is 1.44 bits per heavy atom. The van der Waals surface area contributed by atoms with Gasteiger partial charge in [0.05, 0.1) is 24.6 Å². The van der Waals surface area contributed by atoms with E-state index in [0.29, 0.717) is 52.4 Å². The second kappa shape index (κ2) is 12.0. The zero-order chi connectivity index (χ0) is 24.5. The zero-order valence-corrected chi connectivity index (χ0v) is 20.1. The maximum Gasteiger partial charge on any atom is 0.255 e. The molecule has 7 nitrogen and oxygen atoms in total. The molecule has 34 heavy (non-hydrogen) atoms. The first kappa shape index (κ1) is 24.9. The number of nitrogens with one attached hydrogen (secondary N) is 3. The number of amides is 2. The summed E-state index contributed by atoms with van der Waals surface area (Å²) < 4.78 is 11.6. The molecule has 3 N–H and O–H groups in total. The van der Waals surface area contributed by atoms with Gasteiger partial charge in [0.15, 0.2) is 0 Å². The van der Waals surface area contributed by atoms with Crippen LogP contribution >= 0.6 is 11.6 Å². The Labute approximate surface area is 204 Å². The minimum absolute atomic E-state index is 0.232. The highest BCUT2D eigenvalue weighted by Gasteiger charge is 2.19. The van der Waals surface area contributed by atoms with Crippen molar-refractivity contribution in [1.82, 2.24) is 0 Å². The van der Waals surface area contributed by atoms with Crippen molar-refractivity contribution in [3.8, 4) is 11.5 Å². The van der Waals surface area contributed by atoms with E-state index in [2.05, 4.69) is 16.0 Å². The molecule has 0 aliphatic heterocycles. The Kier molecular flexibility index (Phi) is 8.76. The summed E-state index contributed by atoms with van der Waals surface area (Å²) in [6.07, 6.45) is 0. The monoisotopic (exact) mass is 481 g/mol. The predicted molar refractivity (Wildman–Crippen MR) is 136 cm³/mol. The van der Waals surface area contributed by atoms with Crippen molar-refractivity contribution in [2.24, 2.45) is 0 Å². The van der Waals surface area contributed by atoms with Crippen LogP contribution in [-0.4, -0.2) is 31.1 Å². The molecule has 3 aromatic carbocycles. The Hall–Kier alpha value is -3.71. The van der Waals surface area contributed by atoms with Gasteiger partial charge < -0.3 is 25.4 Å². The number of anilines is 3. The Bertz CT molecular complexity index is 1120. The van der Waals surface area contributed by atoms with Crippen molar-refractivity contribution >= 4 is 40.5 Å². The molecule has 0 radical (unpaired) electrons. The smallest absolute Gasteiger partial charge is 0.255 e. The van der Waals surface area contributed by atoms with Gasteiger partial charge in [-0.2, -0.15) is 0 Å². The highest BCUT2D eigenvalue weighted by Crippen LogP contribution is 2.37. The van der Waals surface area contributed by atoms with E-state index in [0.717, 1.165) is 0 Å². The molecule has 3 aromatic rings. The maximum atomic E-state index is 12.7. The van der Waals surface area contributed by atoms with Gasteiger partial charge in [-0.3, -0.25) is 9.59 Å². The SMILES string of the molecule is CCOc1cc(NC(C)C(=O)Nc2ccc(Cl)cc2)c(OCC)cc1NC(=O)c1ccccc1. The fourth-order valence-electron chi connectivity index (χ4n) is 3.19. The molecule has 2 amide bonds. The Morgan fingerprint density at radius 3 is 2.06 bits per heavy atom. The van der Waals surface area contributed by atoms with Crippen LogP contribution in [0.1, 0.15) is 31.1 Å². The van der Waals surface area contributed by atoms with Crippen molar-refractivity contribution in [3.05, 3.63) is 77.3 Å². The van der Waals surface area contributed by atoms with E-state index in [-0.39, 0.29) is 11.8 Å². The van der Waals surface area contributed by atoms with Gasteiger partial charge in [-0.1, -0.05) is 29.8 Å². The molecule has 0 heterocycles. The summed E-state index contributed by atoms with van der Waals surface area (Å²) in [6.45, 7) is 6.26. The van der Waals surface area contributed by atoms with Crippen LogP contribution in [0.5, 0.6) is 11.5 Å². The lowest BCUT2D eigenvalue weighted by molar-refractivity contribution is -0.116. The normalized spacial score (nSPS) is 11.3. The third kappa shape index (κ3) is 6.65. The molecular formula is C26H28ClN3O4. The van der Waals surface area contributed by atoms with Gasteiger partial charge in [0.25, 0.3) is 5.91 Å². The molecule has 0 saturated carbocycles. The summed E-state index contributed by atoms with van der Waals surface area (Å²) in [5, 5.41) is 9.51. The average Bonchev–Trinajstić information content (AvgIpc) is 2.83. The van der Waals surface area contributed by atoms with E-state index in [1.165, 1.54) is 0 Å². The standard InChI is InChI=1S/C26H28ClN3O4/c1-4-33-23-16-22(30-26(32)18-9-7-6-8-10-18)24(34-5-2)15-21(23)28-17(3)25(31)29-20-13-11-19(27)12-14-20/h6-17,28H,4-5H2,1-3H3,(H,29,31)(H,30,32). The second-order valence-electron chi connectivity index (χ2n) is 7.39. The number of rotatable bonds is 10. The minimum Gasteiger partial charge on any atom is -0.492 e. The molecule has 0 aliphatic rings. The number of carbonyl (C=O) groups is 2. The number of benzene rings is 3. The van der Waals surface area contributed by atoms with Crippen molar-refractivity contribution in [2.75, 3.05) is 29.2 Å². The van der Waals surface area contributed by atoms with E-state index in [1.807, 2.05) is 19.9 Å². The van der Waals surface area contributed by atoms with Gasteiger partial charge >= 0.3 is 0 Å². The van der Waals surface area contributed by atoms with E-state index < -0.39 is 6.04 Å².